The summed E-state index contributed by atoms with van der Waals surface area (Å²) >= 11 is 0. The molecule has 0 aliphatic carbocycles. The van der Waals surface area contributed by atoms with Crippen molar-refractivity contribution in [3.05, 3.63) is 59.2 Å². The normalized spacial score (nSPS) is 12.4. The van der Waals surface area contributed by atoms with E-state index in [4.69, 9.17) is 5.84 Å². The zero-order valence-electron chi connectivity index (χ0n) is 10.4. The molecule has 1 heterocycles. The molecule has 0 saturated heterocycles. The van der Waals surface area contributed by atoms with Crippen LogP contribution in [0.4, 0.5) is 8.78 Å². The van der Waals surface area contributed by atoms with E-state index in [1.165, 1.54) is 0 Å². The molecule has 4 nitrogen and oxygen atoms in total. The highest BCUT2D eigenvalue weighted by Crippen LogP contribution is 2.18. The van der Waals surface area contributed by atoms with Crippen molar-refractivity contribution in [1.82, 2.24) is 15.4 Å². The molecule has 6 heteroatoms. The number of halogens is 2. The monoisotopic (exact) mass is 264 g/mol. The first-order chi connectivity index (χ1) is 9.10. The Balaban J connectivity index is 2.23. The second-order valence-electron chi connectivity index (χ2n) is 4.24. The number of hydrogen-bond donors (Lipinski definition) is 2. The maximum absolute atomic E-state index is 13.6. The number of hydrazine groups is 1. The number of aromatic nitrogens is 2. The summed E-state index contributed by atoms with van der Waals surface area (Å²) in [6.07, 6.45) is 3.36. The van der Waals surface area contributed by atoms with Gasteiger partial charge in [-0.3, -0.25) is 21.2 Å². The number of aryl methyl sites for hydroxylation is 1. The average molecular weight is 264 g/mol. The molecule has 1 aromatic carbocycles. The van der Waals surface area contributed by atoms with E-state index < -0.39 is 17.7 Å². The Bertz CT molecular complexity index is 557. The average Bonchev–Trinajstić information content (AvgIpc) is 2.41. The molecular weight excluding hydrogens is 250 g/mol. The van der Waals surface area contributed by atoms with E-state index >= 15 is 0 Å². The summed E-state index contributed by atoms with van der Waals surface area (Å²) in [5.74, 6) is 4.49. The van der Waals surface area contributed by atoms with Crippen LogP contribution < -0.4 is 11.3 Å². The van der Waals surface area contributed by atoms with Crippen molar-refractivity contribution >= 4 is 0 Å². The second-order valence-corrected chi connectivity index (χ2v) is 4.24. The number of benzene rings is 1. The van der Waals surface area contributed by atoms with E-state index in [0.29, 0.717) is 5.69 Å². The minimum absolute atomic E-state index is 0.192. The Kier molecular flexibility index (Phi) is 4.13. The lowest BCUT2D eigenvalue weighted by atomic mass is 10.0. The molecule has 0 aliphatic heterocycles. The van der Waals surface area contributed by atoms with Crippen molar-refractivity contribution in [2.45, 2.75) is 19.4 Å². The van der Waals surface area contributed by atoms with E-state index in [2.05, 4.69) is 15.4 Å². The van der Waals surface area contributed by atoms with Gasteiger partial charge in [0.1, 0.15) is 11.6 Å². The Morgan fingerprint density at radius 2 is 2.05 bits per heavy atom. The SMILES string of the molecule is Cc1cnc(C(Cc2cc(F)ccc2F)NN)cn1. The van der Waals surface area contributed by atoms with Gasteiger partial charge in [0, 0.05) is 6.20 Å². The smallest absolute Gasteiger partial charge is 0.126 e. The van der Waals surface area contributed by atoms with E-state index in [-0.39, 0.29) is 12.0 Å². The molecule has 1 unspecified atom stereocenters. The predicted octanol–water partition coefficient (Wildman–Crippen LogP) is 1.81. The summed E-state index contributed by atoms with van der Waals surface area (Å²) in [7, 11) is 0. The quantitative estimate of drug-likeness (QED) is 0.653. The van der Waals surface area contributed by atoms with E-state index in [0.717, 1.165) is 23.9 Å². The number of rotatable bonds is 4. The molecule has 100 valence electrons. The first-order valence-electron chi connectivity index (χ1n) is 5.78. The van der Waals surface area contributed by atoms with Crippen LogP contribution in [0.2, 0.25) is 0 Å². The van der Waals surface area contributed by atoms with Crippen molar-refractivity contribution < 1.29 is 8.78 Å². The third-order valence-electron chi connectivity index (χ3n) is 2.79. The maximum Gasteiger partial charge on any atom is 0.126 e. The van der Waals surface area contributed by atoms with Crippen molar-refractivity contribution in [1.29, 1.82) is 0 Å². The molecule has 0 spiro atoms. The lowest BCUT2D eigenvalue weighted by molar-refractivity contribution is 0.512. The van der Waals surface area contributed by atoms with Crippen LogP contribution in [0.15, 0.2) is 30.6 Å². The Morgan fingerprint density at radius 3 is 2.68 bits per heavy atom. The highest BCUT2D eigenvalue weighted by molar-refractivity contribution is 5.21. The van der Waals surface area contributed by atoms with Gasteiger partial charge in [-0.1, -0.05) is 0 Å². The minimum atomic E-state index is -0.484. The molecule has 2 rings (SSSR count). The molecule has 0 aliphatic rings. The Hall–Kier alpha value is -1.92. The first kappa shape index (κ1) is 13.5. The minimum Gasteiger partial charge on any atom is -0.271 e. The van der Waals surface area contributed by atoms with E-state index in [1.807, 2.05) is 6.92 Å². The second kappa shape index (κ2) is 5.81. The topological polar surface area (TPSA) is 63.8 Å². The number of hydrogen-bond acceptors (Lipinski definition) is 4. The molecule has 1 aromatic heterocycles. The van der Waals surface area contributed by atoms with Crippen molar-refractivity contribution in [3.8, 4) is 0 Å². The molecule has 2 aromatic rings. The van der Waals surface area contributed by atoms with Gasteiger partial charge in [-0.25, -0.2) is 8.78 Å². The molecule has 0 bridgehead atoms. The maximum atomic E-state index is 13.6. The van der Waals surface area contributed by atoms with Crippen molar-refractivity contribution in [2.24, 2.45) is 5.84 Å². The fraction of sp³-hybridized carbons (Fsp3) is 0.231. The third-order valence-corrected chi connectivity index (χ3v) is 2.79. The van der Waals surface area contributed by atoms with Crippen LogP contribution in [0.1, 0.15) is 23.0 Å². The summed E-state index contributed by atoms with van der Waals surface area (Å²) in [6.45, 7) is 1.81. The predicted molar refractivity (Wildman–Crippen MR) is 66.9 cm³/mol. The van der Waals surface area contributed by atoms with Gasteiger partial charge in [0.2, 0.25) is 0 Å². The highest BCUT2D eigenvalue weighted by Gasteiger charge is 2.15. The lowest BCUT2D eigenvalue weighted by Gasteiger charge is -2.15. The Morgan fingerprint density at radius 1 is 1.26 bits per heavy atom. The van der Waals surface area contributed by atoms with Crippen LogP contribution in [0, 0.1) is 18.6 Å². The number of nitrogens with zero attached hydrogens (tertiary/aromatic N) is 2. The number of nitrogens with one attached hydrogen (secondary N) is 1. The highest BCUT2D eigenvalue weighted by atomic mass is 19.1. The molecule has 19 heavy (non-hydrogen) atoms. The Labute approximate surface area is 109 Å². The van der Waals surface area contributed by atoms with Crippen LogP contribution in [-0.4, -0.2) is 9.97 Å². The van der Waals surface area contributed by atoms with Crippen LogP contribution in [-0.2, 0) is 6.42 Å². The van der Waals surface area contributed by atoms with Gasteiger partial charge in [0.15, 0.2) is 0 Å². The van der Waals surface area contributed by atoms with Crippen LogP contribution in [0.25, 0.3) is 0 Å². The third kappa shape index (κ3) is 3.30. The summed E-state index contributed by atoms with van der Waals surface area (Å²) in [5.41, 5.74) is 4.14. The summed E-state index contributed by atoms with van der Waals surface area (Å²) in [6, 6.07) is 2.90. The van der Waals surface area contributed by atoms with Crippen LogP contribution >= 0.6 is 0 Å². The molecule has 3 N–H and O–H groups in total. The largest absolute Gasteiger partial charge is 0.271 e. The summed E-state index contributed by atoms with van der Waals surface area (Å²) < 4.78 is 26.7. The van der Waals surface area contributed by atoms with Crippen LogP contribution in [0.5, 0.6) is 0 Å². The molecule has 1 atom stereocenters. The fourth-order valence-corrected chi connectivity index (χ4v) is 1.75. The van der Waals surface area contributed by atoms with Gasteiger partial charge in [0.05, 0.1) is 23.6 Å². The van der Waals surface area contributed by atoms with Gasteiger partial charge in [-0.05, 0) is 37.1 Å². The van der Waals surface area contributed by atoms with Crippen molar-refractivity contribution in [2.75, 3.05) is 0 Å². The molecule has 0 amide bonds. The lowest BCUT2D eigenvalue weighted by Crippen LogP contribution is -2.30. The van der Waals surface area contributed by atoms with Crippen LogP contribution in [0.3, 0.4) is 0 Å². The zero-order chi connectivity index (χ0) is 13.8. The zero-order valence-corrected chi connectivity index (χ0v) is 10.4. The van der Waals surface area contributed by atoms with E-state index in [9.17, 15) is 8.78 Å². The van der Waals surface area contributed by atoms with E-state index in [1.54, 1.807) is 12.4 Å². The van der Waals surface area contributed by atoms with Gasteiger partial charge in [-0.15, -0.1) is 0 Å². The first-order valence-corrected chi connectivity index (χ1v) is 5.78. The van der Waals surface area contributed by atoms with Crippen molar-refractivity contribution in [3.63, 3.8) is 0 Å². The summed E-state index contributed by atoms with van der Waals surface area (Å²) in [4.78, 5) is 8.28. The fourth-order valence-electron chi connectivity index (χ4n) is 1.75. The van der Waals surface area contributed by atoms with Gasteiger partial charge < -0.3 is 0 Å². The number of nitrogens with two attached hydrogens (primary N) is 1. The van der Waals surface area contributed by atoms with Gasteiger partial charge in [-0.2, -0.15) is 0 Å². The van der Waals surface area contributed by atoms with Gasteiger partial charge >= 0.3 is 0 Å². The molecule has 0 saturated carbocycles. The standard InChI is InChI=1S/C13H14F2N4/c1-8-6-18-13(7-17-8)12(19-16)5-9-4-10(14)2-3-11(9)15/h2-4,6-7,12,19H,5,16H2,1H3. The molecular formula is C13H14F2N4. The molecule has 0 fully saturated rings. The van der Waals surface area contributed by atoms with Gasteiger partial charge in [0.25, 0.3) is 0 Å². The molecule has 0 radical (unpaired) electrons. The summed E-state index contributed by atoms with van der Waals surface area (Å²) in [5, 5.41) is 0.